The first kappa shape index (κ1) is 7.80. The van der Waals surface area contributed by atoms with Crippen molar-refractivity contribution in [3.05, 3.63) is 0 Å². The van der Waals surface area contributed by atoms with Gasteiger partial charge in [-0.3, -0.25) is 4.79 Å². The molecule has 2 atom stereocenters. The van der Waals surface area contributed by atoms with Gasteiger partial charge < -0.3 is 10.6 Å². The molecule has 3 aliphatic rings. The minimum atomic E-state index is -0.200. The summed E-state index contributed by atoms with van der Waals surface area (Å²) in [7, 11) is 0. The molecule has 1 spiro atoms. The van der Waals surface area contributed by atoms with Crippen LogP contribution in [0.5, 0.6) is 0 Å². The van der Waals surface area contributed by atoms with Gasteiger partial charge in [0.2, 0.25) is 5.91 Å². The fourth-order valence-corrected chi connectivity index (χ4v) is 2.67. The van der Waals surface area contributed by atoms with Gasteiger partial charge in [-0.05, 0) is 37.0 Å². The normalized spacial score (nSPS) is 40.1. The van der Waals surface area contributed by atoms with E-state index < -0.39 is 0 Å². The van der Waals surface area contributed by atoms with Crippen LogP contribution in [0.4, 0.5) is 0 Å². The van der Waals surface area contributed by atoms with Crippen LogP contribution in [0.2, 0.25) is 0 Å². The molecule has 2 N–H and O–H groups in total. The van der Waals surface area contributed by atoms with Crippen molar-refractivity contribution in [3.63, 3.8) is 0 Å². The van der Waals surface area contributed by atoms with Crippen LogP contribution in [0.3, 0.4) is 0 Å². The third-order valence-corrected chi connectivity index (χ3v) is 4.03. The zero-order valence-corrected chi connectivity index (χ0v) is 7.83. The lowest BCUT2D eigenvalue weighted by Gasteiger charge is -2.15. The highest BCUT2D eigenvalue weighted by atomic mass is 16.2. The average molecular weight is 180 g/mol. The maximum atomic E-state index is 11.5. The highest BCUT2D eigenvalue weighted by molar-refractivity contribution is 5.83. The number of hydrogen-bond donors (Lipinski definition) is 1. The fraction of sp³-hybridized carbons (Fsp3) is 0.900. The molecule has 0 radical (unpaired) electrons. The van der Waals surface area contributed by atoms with Crippen LogP contribution in [-0.4, -0.2) is 29.9 Å². The topological polar surface area (TPSA) is 46.3 Å². The number of hydrogen-bond acceptors (Lipinski definition) is 2. The van der Waals surface area contributed by atoms with Crippen LogP contribution in [0.15, 0.2) is 0 Å². The molecule has 1 aliphatic heterocycles. The molecule has 0 bridgehead atoms. The molecule has 0 aromatic heterocycles. The highest BCUT2D eigenvalue weighted by Gasteiger charge is 2.62. The summed E-state index contributed by atoms with van der Waals surface area (Å²) in [6.07, 6.45) is 5.04. The van der Waals surface area contributed by atoms with Crippen LogP contribution in [-0.2, 0) is 4.79 Å². The lowest BCUT2D eigenvalue weighted by Crippen LogP contribution is -2.35. The monoisotopic (exact) mass is 180 g/mol. The highest BCUT2D eigenvalue weighted by Crippen LogP contribution is 2.70. The molecule has 3 heteroatoms. The van der Waals surface area contributed by atoms with Gasteiger partial charge in [0.15, 0.2) is 0 Å². The van der Waals surface area contributed by atoms with E-state index in [1.165, 1.54) is 19.3 Å². The Morgan fingerprint density at radius 3 is 2.77 bits per heavy atom. The standard InChI is InChI=1S/C10H16N2O/c11-8-1-4-12(9(8)13)6-7-5-10(7)2-3-10/h7-8H,1-6,11H2. The van der Waals surface area contributed by atoms with Gasteiger partial charge in [0, 0.05) is 13.1 Å². The number of likely N-dealkylation sites (tertiary alicyclic amines) is 1. The van der Waals surface area contributed by atoms with Crippen LogP contribution in [0.25, 0.3) is 0 Å². The predicted molar refractivity (Wildman–Crippen MR) is 48.9 cm³/mol. The molecule has 13 heavy (non-hydrogen) atoms. The number of carbonyl (C=O) groups excluding carboxylic acids is 1. The number of amides is 1. The van der Waals surface area contributed by atoms with E-state index in [-0.39, 0.29) is 11.9 Å². The first-order valence-electron chi connectivity index (χ1n) is 5.26. The summed E-state index contributed by atoms with van der Waals surface area (Å²) in [5.41, 5.74) is 6.37. The molecule has 1 saturated heterocycles. The van der Waals surface area contributed by atoms with Crippen LogP contribution in [0.1, 0.15) is 25.7 Å². The van der Waals surface area contributed by atoms with Gasteiger partial charge in [-0.15, -0.1) is 0 Å². The smallest absolute Gasteiger partial charge is 0.239 e. The average Bonchev–Trinajstić information content (AvgIpc) is 2.99. The number of nitrogens with two attached hydrogens (primary N) is 1. The maximum absolute atomic E-state index is 11.5. The molecule has 3 rings (SSSR count). The Balaban J connectivity index is 1.58. The minimum absolute atomic E-state index is 0.183. The van der Waals surface area contributed by atoms with E-state index in [1.54, 1.807) is 0 Å². The van der Waals surface area contributed by atoms with E-state index in [4.69, 9.17) is 5.73 Å². The van der Waals surface area contributed by atoms with E-state index in [0.717, 1.165) is 25.4 Å². The summed E-state index contributed by atoms with van der Waals surface area (Å²) in [6, 6.07) is -0.200. The molecule has 0 aromatic carbocycles. The van der Waals surface area contributed by atoms with Crippen molar-refractivity contribution in [2.75, 3.05) is 13.1 Å². The van der Waals surface area contributed by atoms with Crippen molar-refractivity contribution in [2.45, 2.75) is 31.7 Å². The summed E-state index contributed by atoms with van der Waals surface area (Å²) in [6.45, 7) is 1.89. The summed E-state index contributed by atoms with van der Waals surface area (Å²) >= 11 is 0. The van der Waals surface area contributed by atoms with Crippen LogP contribution >= 0.6 is 0 Å². The second kappa shape index (κ2) is 2.27. The lowest BCUT2D eigenvalue weighted by atomic mass is 10.3. The quantitative estimate of drug-likeness (QED) is 0.666. The van der Waals surface area contributed by atoms with Crippen molar-refractivity contribution < 1.29 is 4.79 Å². The number of nitrogens with zero attached hydrogens (tertiary/aromatic N) is 1. The Morgan fingerprint density at radius 1 is 1.54 bits per heavy atom. The van der Waals surface area contributed by atoms with Gasteiger partial charge in [-0.2, -0.15) is 0 Å². The largest absolute Gasteiger partial charge is 0.341 e. The van der Waals surface area contributed by atoms with Crippen LogP contribution < -0.4 is 5.73 Å². The summed E-state index contributed by atoms with van der Waals surface area (Å²) in [5.74, 6) is 1.00. The third kappa shape index (κ3) is 1.10. The Morgan fingerprint density at radius 2 is 2.31 bits per heavy atom. The Kier molecular flexibility index (Phi) is 1.36. The Bertz CT molecular complexity index is 260. The summed E-state index contributed by atoms with van der Waals surface area (Å²) in [5, 5.41) is 0. The van der Waals surface area contributed by atoms with Crippen molar-refractivity contribution in [2.24, 2.45) is 17.1 Å². The van der Waals surface area contributed by atoms with E-state index >= 15 is 0 Å². The third-order valence-electron chi connectivity index (χ3n) is 4.03. The predicted octanol–water partition coefficient (Wildman–Crippen LogP) is 0.346. The van der Waals surface area contributed by atoms with Gasteiger partial charge >= 0.3 is 0 Å². The SMILES string of the molecule is NC1CCN(CC2CC23CC3)C1=O. The molecular weight excluding hydrogens is 164 g/mol. The van der Waals surface area contributed by atoms with Gasteiger partial charge in [0.1, 0.15) is 0 Å². The molecular formula is C10H16N2O. The number of rotatable bonds is 2. The number of carbonyl (C=O) groups is 1. The summed E-state index contributed by atoms with van der Waals surface area (Å²) in [4.78, 5) is 13.5. The second-order valence-corrected chi connectivity index (χ2v) is 4.94. The second-order valence-electron chi connectivity index (χ2n) is 4.94. The molecule has 3 fully saturated rings. The first-order valence-corrected chi connectivity index (χ1v) is 5.26. The zero-order valence-electron chi connectivity index (χ0n) is 7.83. The molecule has 2 unspecified atom stereocenters. The van der Waals surface area contributed by atoms with E-state index in [2.05, 4.69) is 0 Å². The van der Waals surface area contributed by atoms with Crippen molar-refractivity contribution in [1.29, 1.82) is 0 Å². The Hall–Kier alpha value is -0.570. The van der Waals surface area contributed by atoms with Gasteiger partial charge in [0.05, 0.1) is 6.04 Å². The molecule has 3 nitrogen and oxygen atoms in total. The first-order chi connectivity index (χ1) is 6.21. The van der Waals surface area contributed by atoms with Crippen molar-refractivity contribution in [3.8, 4) is 0 Å². The van der Waals surface area contributed by atoms with Crippen LogP contribution in [0, 0.1) is 11.3 Å². The molecule has 72 valence electrons. The molecule has 1 heterocycles. The zero-order chi connectivity index (χ0) is 9.05. The molecule has 1 amide bonds. The summed E-state index contributed by atoms with van der Waals surface area (Å²) < 4.78 is 0. The van der Waals surface area contributed by atoms with Gasteiger partial charge in [-0.1, -0.05) is 0 Å². The lowest BCUT2D eigenvalue weighted by molar-refractivity contribution is -0.129. The molecule has 2 saturated carbocycles. The van der Waals surface area contributed by atoms with Gasteiger partial charge in [0.25, 0.3) is 0 Å². The molecule has 2 aliphatic carbocycles. The van der Waals surface area contributed by atoms with Crippen molar-refractivity contribution in [1.82, 2.24) is 4.90 Å². The van der Waals surface area contributed by atoms with Gasteiger partial charge in [-0.25, -0.2) is 0 Å². The van der Waals surface area contributed by atoms with Crippen molar-refractivity contribution >= 4 is 5.91 Å². The maximum Gasteiger partial charge on any atom is 0.239 e. The van der Waals surface area contributed by atoms with E-state index in [1.807, 2.05) is 4.90 Å². The minimum Gasteiger partial charge on any atom is -0.341 e. The van der Waals surface area contributed by atoms with E-state index in [9.17, 15) is 4.79 Å². The fourth-order valence-electron chi connectivity index (χ4n) is 2.67. The Labute approximate surface area is 78.3 Å². The molecule has 0 aromatic rings. The van der Waals surface area contributed by atoms with E-state index in [0.29, 0.717) is 5.41 Å².